The molecule has 1 N–H and O–H groups in total. The number of carbonyl (C=O) groups is 1. The number of pyridine rings is 1. The maximum Gasteiger partial charge on any atom is 0.226 e. The Labute approximate surface area is 186 Å². The number of carbonyl (C=O) groups excluding carboxylic acids is 1. The highest BCUT2D eigenvalue weighted by molar-refractivity contribution is 5.83. The van der Waals surface area contributed by atoms with E-state index in [1.807, 2.05) is 25.1 Å². The normalized spacial score (nSPS) is 23.0. The van der Waals surface area contributed by atoms with Gasteiger partial charge in [-0.05, 0) is 68.7 Å². The van der Waals surface area contributed by atoms with E-state index in [0.29, 0.717) is 12.5 Å². The molecular formula is C26H36N4O. The Kier molecular flexibility index (Phi) is 6.99. The van der Waals surface area contributed by atoms with Gasteiger partial charge in [0.25, 0.3) is 0 Å². The van der Waals surface area contributed by atoms with Crippen LogP contribution in [0.15, 0.2) is 24.4 Å². The Morgan fingerprint density at radius 3 is 2.52 bits per heavy atom. The zero-order valence-corrected chi connectivity index (χ0v) is 19.1. The van der Waals surface area contributed by atoms with Crippen LogP contribution in [-0.2, 0) is 17.6 Å². The Balaban J connectivity index is 1.64. The van der Waals surface area contributed by atoms with E-state index in [4.69, 9.17) is 0 Å². The second-order valence-corrected chi connectivity index (χ2v) is 9.77. The van der Waals surface area contributed by atoms with Crippen LogP contribution in [0.3, 0.4) is 0 Å². The topological polar surface area (TPSA) is 67.8 Å². The monoisotopic (exact) mass is 420 g/mol. The fraction of sp³-hybridized carbons (Fsp3) is 0.615. The molecule has 0 aromatic carbocycles. The molecule has 0 radical (unpaired) electrons. The Morgan fingerprint density at radius 2 is 1.77 bits per heavy atom. The first-order valence-electron chi connectivity index (χ1n) is 12.1. The van der Waals surface area contributed by atoms with Gasteiger partial charge in [0.15, 0.2) is 0 Å². The van der Waals surface area contributed by atoms with Crippen molar-refractivity contribution in [3.63, 3.8) is 0 Å². The number of rotatable bonds is 3. The van der Waals surface area contributed by atoms with Crippen molar-refractivity contribution in [3.05, 3.63) is 41.2 Å². The van der Waals surface area contributed by atoms with E-state index in [1.54, 1.807) is 6.20 Å². The van der Waals surface area contributed by atoms with Crippen LogP contribution in [0, 0.1) is 12.3 Å². The Bertz CT molecular complexity index is 890. The molecule has 2 aromatic heterocycles. The van der Waals surface area contributed by atoms with Gasteiger partial charge in [-0.1, -0.05) is 51.5 Å². The van der Waals surface area contributed by atoms with Crippen LogP contribution in [-0.4, -0.2) is 27.1 Å². The van der Waals surface area contributed by atoms with E-state index in [0.717, 1.165) is 55.6 Å². The lowest BCUT2D eigenvalue weighted by atomic mass is 9.74. The summed E-state index contributed by atoms with van der Waals surface area (Å²) < 4.78 is 0. The quantitative estimate of drug-likeness (QED) is 0.727. The molecule has 0 bridgehead atoms. The second kappa shape index (κ2) is 9.88. The molecular weight excluding hydrogens is 384 g/mol. The molecule has 0 spiro atoms. The van der Waals surface area contributed by atoms with Crippen LogP contribution >= 0.6 is 0 Å². The molecule has 31 heavy (non-hydrogen) atoms. The zero-order chi connectivity index (χ0) is 21.7. The third-order valence-corrected chi connectivity index (χ3v) is 7.26. The minimum atomic E-state index is -0.434. The van der Waals surface area contributed by atoms with Crippen LogP contribution in [0.25, 0.3) is 11.4 Å². The number of aryl methyl sites for hydroxylation is 1. The number of fused-ring (bicyclic) bond motifs is 1. The average Bonchev–Trinajstić information content (AvgIpc) is 2.73. The molecule has 1 saturated carbocycles. The van der Waals surface area contributed by atoms with Gasteiger partial charge < -0.3 is 5.32 Å². The number of hydrogen-bond donors (Lipinski definition) is 1. The fourth-order valence-corrected chi connectivity index (χ4v) is 5.29. The molecule has 2 aliphatic rings. The summed E-state index contributed by atoms with van der Waals surface area (Å²) in [6.07, 6.45) is 15.1. The second-order valence-electron chi connectivity index (χ2n) is 9.77. The highest BCUT2D eigenvalue weighted by Crippen LogP contribution is 2.38. The molecule has 1 unspecified atom stereocenters. The number of aromatic nitrogens is 3. The minimum absolute atomic E-state index is 0.215. The fourth-order valence-electron chi connectivity index (χ4n) is 5.29. The van der Waals surface area contributed by atoms with Crippen molar-refractivity contribution in [1.82, 2.24) is 20.5 Å². The highest BCUT2D eigenvalue weighted by Gasteiger charge is 2.37. The van der Waals surface area contributed by atoms with Gasteiger partial charge >= 0.3 is 0 Å². The van der Waals surface area contributed by atoms with Crippen molar-refractivity contribution in [2.45, 2.75) is 96.9 Å². The highest BCUT2D eigenvalue weighted by atomic mass is 16.2. The van der Waals surface area contributed by atoms with Gasteiger partial charge in [0.1, 0.15) is 5.69 Å². The van der Waals surface area contributed by atoms with Gasteiger partial charge in [-0.25, -0.2) is 0 Å². The molecule has 0 saturated heterocycles. The lowest BCUT2D eigenvalue weighted by molar-refractivity contribution is -0.131. The first-order valence-corrected chi connectivity index (χ1v) is 12.1. The first kappa shape index (κ1) is 21.9. The van der Waals surface area contributed by atoms with E-state index in [1.165, 1.54) is 43.2 Å². The lowest BCUT2D eigenvalue weighted by Gasteiger charge is -2.34. The van der Waals surface area contributed by atoms with E-state index < -0.39 is 5.41 Å². The van der Waals surface area contributed by atoms with Crippen molar-refractivity contribution < 1.29 is 4.79 Å². The molecule has 1 fully saturated rings. The molecule has 2 aromatic rings. The first-order chi connectivity index (χ1) is 15.1. The molecule has 1 atom stereocenters. The van der Waals surface area contributed by atoms with Gasteiger partial charge in [0.2, 0.25) is 5.91 Å². The minimum Gasteiger partial charge on any atom is -0.353 e. The van der Waals surface area contributed by atoms with Gasteiger partial charge in [-0.2, -0.15) is 5.10 Å². The maximum atomic E-state index is 13.6. The molecule has 2 aliphatic carbocycles. The smallest absolute Gasteiger partial charge is 0.226 e. The number of amides is 1. The molecule has 0 aliphatic heterocycles. The van der Waals surface area contributed by atoms with E-state index in [2.05, 4.69) is 27.4 Å². The van der Waals surface area contributed by atoms with Crippen LogP contribution in [0.1, 0.15) is 88.0 Å². The van der Waals surface area contributed by atoms with Gasteiger partial charge in [-0.15, -0.1) is 5.10 Å². The molecule has 2 heterocycles. The average molecular weight is 421 g/mol. The SMILES string of the molecule is Cc1nnc(-c2ccccn2)c2c1CCCCC(C)(C(=O)NC1CCCCCCC1)C2. The largest absolute Gasteiger partial charge is 0.353 e. The molecule has 1 amide bonds. The molecule has 5 heteroatoms. The summed E-state index contributed by atoms with van der Waals surface area (Å²) in [6.45, 7) is 4.19. The third-order valence-electron chi connectivity index (χ3n) is 7.26. The molecule has 166 valence electrons. The Hall–Kier alpha value is -2.30. The van der Waals surface area contributed by atoms with Gasteiger partial charge in [0.05, 0.1) is 16.8 Å². The summed E-state index contributed by atoms with van der Waals surface area (Å²) in [7, 11) is 0. The third kappa shape index (κ3) is 5.13. The van der Waals surface area contributed by atoms with Gasteiger partial charge in [0, 0.05) is 12.2 Å². The van der Waals surface area contributed by atoms with Crippen LogP contribution in [0.4, 0.5) is 0 Å². The maximum absolute atomic E-state index is 13.6. The zero-order valence-electron chi connectivity index (χ0n) is 19.1. The summed E-state index contributed by atoms with van der Waals surface area (Å²) in [4.78, 5) is 18.2. The summed E-state index contributed by atoms with van der Waals surface area (Å²) in [5.74, 6) is 0.215. The van der Waals surface area contributed by atoms with Crippen LogP contribution < -0.4 is 5.32 Å². The van der Waals surface area contributed by atoms with Crippen molar-refractivity contribution in [3.8, 4) is 11.4 Å². The van der Waals surface area contributed by atoms with Crippen molar-refractivity contribution in [1.29, 1.82) is 0 Å². The molecule has 4 rings (SSSR count). The standard InChI is InChI=1S/C26H36N4O/c1-19-21-14-8-10-16-26(2,25(31)28-20-12-6-4-3-5-7-13-20)18-22(21)24(30-29-19)23-15-9-11-17-27-23/h9,11,15,17,20H,3-8,10,12-14,16,18H2,1-2H3,(H,28,31). The van der Waals surface area contributed by atoms with Crippen LogP contribution in [0.2, 0.25) is 0 Å². The van der Waals surface area contributed by atoms with Crippen molar-refractivity contribution in [2.75, 3.05) is 0 Å². The summed E-state index contributed by atoms with van der Waals surface area (Å²) in [5, 5.41) is 12.5. The number of hydrogen-bond acceptors (Lipinski definition) is 4. The van der Waals surface area contributed by atoms with Crippen LogP contribution in [0.5, 0.6) is 0 Å². The van der Waals surface area contributed by atoms with Gasteiger partial charge in [-0.3, -0.25) is 9.78 Å². The predicted octanol–water partition coefficient (Wildman–Crippen LogP) is 5.35. The summed E-state index contributed by atoms with van der Waals surface area (Å²) >= 11 is 0. The summed E-state index contributed by atoms with van der Waals surface area (Å²) in [6, 6.07) is 6.22. The summed E-state index contributed by atoms with van der Waals surface area (Å²) in [5.41, 5.74) is 4.67. The molecule has 5 nitrogen and oxygen atoms in total. The van der Waals surface area contributed by atoms with Crippen molar-refractivity contribution >= 4 is 5.91 Å². The van der Waals surface area contributed by atoms with E-state index in [9.17, 15) is 4.79 Å². The predicted molar refractivity (Wildman–Crippen MR) is 124 cm³/mol. The Morgan fingerprint density at radius 1 is 1.00 bits per heavy atom. The number of nitrogens with one attached hydrogen (secondary N) is 1. The van der Waals surface area contributed by atoms with E-state index >= 15 is 0 Å². The van der Waals surface area contributed by atoms with Crippen molar-refractivity contribution in [2.24, 2.45) is 5.41 Å². The lowest BCUT2D eigenvalue weighted by Crippen LogP contribution is -2.46. The number of nitrogens with zero attached hydrogens (tertiary/aromatic N) is 3. The van der Waals surface area contributed by atoms with E-state index in [-0.39, 0.29) is 5.91 Å².